The molecule has 0 aliphatic heterocycles. The Kier molecular flexibility index (Phi) is 4.68. The van der Waals surface area contributed by atoms with Crippen molar-refractivity contribution in [3.8, 4) is 0 Å². The number of ether oxygens (including phenoxy) is 1. The highest BCUT2D eigenvalue weighted by molar-refractivity contribution is 6.36. The van der Waals surface area contributed by atoms with E-state index in [0.29, 0.717) is 10.0 Å². The smallest absolute Gasteiger partial charge is 0.408 e. The summed E-state index contributed by atoms with van der Waals surface area (Å²) in [6.45, 7) is 5.23. The number of carboxylic acids is 1. The third kappa shape index (κ3) is 3.52. The van der Waals surface area contributed by atoms with Crippen molar-refractivity contribution in [2.75, 3.05) is 0 Å². The van der Waals surface area contributed by atoms with Crippen LogP contribution in [0.3, 0.4) is 0 Å². The molecule has 3 aliphatic carbocycles. The summed E-state index contributed by atoms with van der Waals surface area (Å²) in [6.07, 6.45) is 2.22. The molecule has 0 heterocycles. The fourth-order valence-electron chi connectivity index (χ4n) is 4.56. The maximum absolute atomic E-state index is 12.0. The van der Waals surface area contributed by atoms with Gasteiger partial charge in [-0.15, -0.1) is 0 Å². The van der Waals surface area contributed by atoms with Gasteiger partial charge in [-0.2, -0.15) is 0 Å². The van der Waals surface area contributed by atoms with E-state index in [-0.39, 0.29) is 5.41 Å². The van der Waals surface area contributed by atoms with Gasteiger partial charge in [-0.05, 0) is 69.6 Å². The first-order valence-corrected chi connectivity index (χ1v) is 9.36. The number of aliphatic carboxylic acids is 1. The monoisotopic (exact) mass is 399 g/mol. The second-order valence-electron chi connectivity index (χ2n) is 8.69. The Labute approximate surface area is 163 Å². The molecule has 4 rings (SSSR count). The summed E-state index contributed by atoms with van der Waals surface area (Å²) in [5, 5.41) is 13.4. The van der Waals surface area contributed by atoms with Crippen molar-refractivity contribution in [2.45, 2.75) is 58.1 Å². The molecular weight excluding hydrogens is 377 g/mol. The summed E-state index contributed by atoms with van der Waals surface area (Å²) in [6, 6.07) is 4.49. The number of hydrogen-bond acceptors (Lipinski definition) is 3. The number of carbonyl (C=O) groups is 2. The number of alkyl carbamates (subject to hydrolysis) is 1. The predicted molar refractivity (Wildman–Crippen MR) is 99.7 cm³/mol. The molecule has 1 amide bonds. The zero-order valence-corrected chi connectivity index (χ0v) is 16.6. The van der Waals surface area contributed by atoms with Crippen molar-refractivity contribution in [1.82, 2.24) is 5.32 Å². The predicted octanol–water partition coefficient (Wildman–Crippen LogP) is 4.68. The molecular formula is C19H23Cl2NO4. The van der Waals surface area contributed by atoms with E-state index in [4.69, 9.17) is 27.9 Å². The Morgan fingerprint density at radius 2 is 1.77 bits per heavy atom. The number of carboxylic acid groups (broad SMARTS) is 1. The largest absolute Gasteiger partial charge is 0.480 e. The summed E-state index contributed by atoms with van der Waals surface area (Å²) < 4.78 is 5.20. The van der Waals surface area contributed by atoms with Crippen molar-refractivity contribution >= 4 is 35.3 Å². The average Bonchev–Trinajstić information content (AvgIpc) is 2.39. The fraction of sp³-hybridized carbons (Fsp3) is 0.579. The topological polar surface area (TPSA) is 75.6 Å². The zero-order chi connectivity index (χ0) is 19.3. The zero-order valence-electron chi connectivity index (χ0n) is 15.1. The van der Waals surface area contributed by atoms with Crippen molar-refractivity contribution in [2.24, 2.45) is 10.8 Å². The second kappa shape index (κ2) is 6.31. The molecule has 1 aromatic rings. The number of amides is 1. The maximum atomic E-state index is 12.0. The van der Waals surface area contributed by atoms with Crippen molar-refractivity contribution in [3.63, 3.8) is 0 Å². The molecule has 3 fully saturated rings. The highest BCUT2D eigenvalue weighted by Crippen LogP contribution is 2.76. The minimum atomic E-state index is -1.03. The second-order valence-corrected chi connectivity index (χ2v) is 9.50. The van der Waals surface area contributed by atoms with E-state index >= 15 is 0 Å². The van der Waals surface area contributed by atoms with Gasteiger partial charge < -0.3 is 15.2 Å². The summed E-state index contributed by atoms with van der Waals surface area (Å²) in [7, 11) is 0. The van der Waals surface area contributed by atoms with Crippen LogP contribution in [0.2, 0.25) is 10.0 Å². The van der Waals surface area contributed by atoms with E-state index in [2.05, 4.69) is 5.32 Å². The Bertz CT molecular complexity index is 716. The number of rotatable bonds is 5. The summed E-state index contributed by atoms with van der Waals surface area (Å²) in [5.41, 5.74) is -0.140. The molecule has 5 nitrogen and oxygen atoms in total. The van der Waals surface area contributed by atoms with Crippen LogP contribution in [0.15, 0.2) is 18.2 Å². The number of halogens is 2. The number of nitrogens with one attached hydrogen (secondary N) is 1. The molecule has 7 heteroatoms. The lowest BCUT2D eigenvalue weighted by Gasteiger charge is -2.72. The molecule has 1 aromatic carbocycles. The van der Waals surface area contributed by atoms with Crippen molar-refractivity contribution in [3.05, 3.63) is 33.8 Å². The van der Waals surface area contributed by atoms with Crippen LogP contribution in [0.25, 0.3) is 0 Å². The molecule has 3 aliphatic rings. The molecule has 0 saturated heterocycles. The molecule has 26 heavy (non-hydrogen) atoms. The molecule has 2 bridgehead atoms. The highest BCUT2D eigenvalue weighted by Gasteiger charge is 2.71. The fourth-order valence-corrected chi connectivity index (χ4v) is 5.09. The molecule has 1 atom stereocenters. The van der Waals surface area contributed by atoms with Crippen LogP contribution in [0.5, 0.6) is 0 Å². The molecule has 0 radical (unpaired) electrons. The van der Waals surface area contributed by atoms with Crippen molar-refractivity contribution in [1.29, 1.82) is 0 Å². The standard InChI is InChI=1S/C19H23Cl2NO4/c1-17(2,3)26-16(25)22-14(15(23)24)19-8-18(9-19,10-19)7-11-12(20)5-4-6-13(11)21/h4-6,14H,7-10H2,1-3H3,(H,22,25)(H,23,24). The van der Waals surface area contributed by atoms with Crippen LogP contribution in [-0.2, 0) is 16.0 Å². The highest BCUT2D eigenvalue weighted by atomic mass is 35.5. The van der Waals surface area contributed by atoms with Crippen LogP contribution in [-0.4, -0.2) is 28.8 Å². The van der Waals surface area contributed by atoms with E-state index in [9.17, 15) is 14.7 Å². The third-order valence-corrected chi connectivity index (χ3v) is 6.02. The lowest BCUT2D eigenvalue weighted by Crippen LogP contribution is -2.72. The molecule has 2 N–H and O–H groups in total. The first kappa shape index (κ1) is 19.3. The average molecular weight is 400 g/mol. The normalized spacial score (nSPS) is 27.7. The van der Waals surface area contributed by atoms with Gasteiger partial charge in [-0.1, -0.05) is 29.3 Å². The number of carbonyl (C=O) groups excluding carboxylic acids is 1. The summed E-state index contributed by atoms with van der Waals surface area (Å²) in [4.78, 5) is 23.7. The van der Waals surface area contributed by atoms with E-state index in [0.717, 1.165) is 31.2 Å². The Hall–Kier alpha value is -1.46. The Balaban J connectivity index is 1.65. The molecule has 142 valence electrons. The van der Waals surface area contributed by atoms with E-state index in [1.165, 1.54) is 0 Å². The quantitative estimate of drug-likeness (QED) is 0.752. The maximum Gasteiger partial charge on any atom is 0.408 e. The van der Waals surface area contributed by atoms with Crippen LogP contribution in [0, 0.1) is 10.8 Å². The van der Waals surface area contributed by atoms with Gasteiger partial charge in [-0.25, -0.2) is 9.59 Å². The van der Waals surface area contributed by atoms with E-state index < -0.39 is 29.1 Å². The SMILES string of the molecule is CC(C)(C)OC(=O)NC(C(=O)O)C12CC(Cc3c(Cl)cccc3Cl)(C1)C2. The van der Waals surface area contributed by atoms with Gasteiger partial charge in [0.15, 0.2) is 0 Å². The Morgan fingerprint density at radius 3 is 2.23 bits per heavy atom. The third-order valence-electron chi connectivity index (χ3n) is 5.32. The van der Waals surface area contributed by atoms with Crippen LogP contribution >= 0.6 is 23.2 Å². The Morgan fingerprint density at radius 1 is 1.23 bits per heavy atom. The van der Waals surface area contributed by atoms with Gasteiger partial charge >= 0.3 is 12.1 Å². The minimum absolute atomic E-state index is 0.0257. The first-order chi connectivity index (χ1) is 12.0. The van der Waals surface area contributed by atoms with Crippen LogP contribution < -0.4 is 5.32 Å². The molecule has 3 saturated carbocycles. The van der Waals surface area contributed by atoms with E-state index in [1.807, 2.05) is 18.2 Å². The number of benzene rings is 1. The van der Waals surface area contributed by atoms with Gasteiger partial charge in [0.1, 0.15) is 11.6 Å². The lowest BCUT2D eigenvalue weighted by molar-refractivity contribution is -0.224. The first-order valence-electron chi connectivity index (χ1n) is 8.61. The van der Waals surface area contributed by atoms with Gasteiger partial charge in [0.2, 0.25) is 0 Å². The lowest BCUT2D eigenvalue weighted by atomic mass is 9.32. The number of hydrogen-bond donors (Lipinski definition) is 2. The van der Waals surface area contributed by atoms with Gasteiger partial charge in [0.05, 0.1) is 0 Å². The minimum Gasteiger partial charge on any atom is -0.480 e. The summed E-state index contributed by atoms with van der Waals surface area (Å²) >= 11 is 12.5. The van der Waals surface area contributed by atoms with Crippen LogP contribution in [0.1, 0.15) is 45.6 Å². The molecule has 0 spiro atoms. The summed E-state index contributed by atoms with van der Waals surface area (Å²) in [5.74, 6) is -1.03. The van der Waals surface area contributed by atoms with Gasteiger partial charge in [-0.3, -0.25) is 0 Å². The molecule has 1 unspecified atom stereocenters. The van der Waals surface area contributed by atoms with E-state index in [1.54, 1.807) is 20.8 Å². The van der Waals surface area contributed by atoms with Crippen LogP contribution in [0.4, 0.5) is 4.79 Å². The molecule has 0 aromatic heterocycles. The van der Waals surface area contributed by atoms with Gasteiger partial charge in [0, 0.05) is 15.5 Å². The van der Waals surface area contributed by atoms with Crippen molar-refractivity contribution < 1.29 is 19.4 Å². The van der Waals surface area contributed by atoms with Gasteiger partial charge in [0.25, 0.3) is 0 Å².